The molecule has 1 amide bonds. The Morgan fingerprint density at radius 1 is 1.28 bits per heavy atom. The Bertz CT molecular complexity index is 951. The third-order valence-electron chi connectivity index (χ3n) is 6.35. The maximum atomic E-state index is 12.3. The fraction of sp³-hybridized carbons (Fsp3) is 0.538. The summed E-state index contributed by atoms with van der Waals surface area (Å²) in [6.45, 7) is 7.09. The fourth-order valence-electron chi connectivity index (χ4n) is 4.48. The molecule has 0 aliphatic carbocycles. The van der Waals surface area contributed by atoms with Crippen LogP contribution in [0.1, 0.15) is 55.5 Å². The lowest BCUT2D eigenvalue weighted by molar-refractivity contribution is -0.121. The second kappa shape index (κ2) is 11.9. The van der Waals surface area contributed by atoms with Gasteiger partial charge in [-0.25, -0.2) is 4.98 Å². The molecule has 3 rings (SSSR count). The number of imidazole rings is 1. The molecule has 6 nitrogen and oxygen atoms in total. The standard InChI is InChI=1S/C26H39N5O/c1-19-17-20(2)25-23(18-19)29-26(30-25)22(8-6-13-27-3)10-14-28-24(32)9-5-7-21-11-15-31(4)16-12-21/h6,10,13,17-18,21,27H,5,7-9,11-12,14-16H2,1-4H3,(H,28,32)(H,29,30)/b13-6-,22-10+. The molecule has 32 heavy (non-hydrogen) atoms. The van der Waals surface area contributed by atoms with Crippen molar-refractivity contribution in [1.29, 1.82) is 0 Å². The zero-order chi connectivity index (χ0) is 22.9. The van der Waals surface area contributed by atoms with Crippen molar-refractivity contribution >= 4 is 22.5 Å². The van der Waals surface area contributed by atoms with E-state index in [1.807, 2.05) is 13.2 Å². The second-order valence-corrected chi connectivity index (χ2v) is 9.13. The van der Waals surface area contributed by atoms with E-state index in [1.165, 1.54) is 37.1 Å². The first-order chi connectivity index (χ1) is 15.5. The third-order valence-corrected chi connectivity index (χ3v) is 6.35. The van der Waals surface area contributed by atoms with E-state index < -0.39 is 0 Å². The van der Waals surface area contributed by atoms with Gasteiger partial charge in [-0.15, -0.1) is 0 Å². The first-order valence-electron chi connectivity index (χ1n) is 11.9. The number of rotatable bonds is 10. The summed E-state index contributed by atoms with van der Waals surface area (Å²) in [4.78, 5) is 23.0. The van der Waals surface area contributed by atoms with E-state index in [-0.39, 0.29) is 5.91 Å². The smallest absolute Gasteiger partial charge is 0.220 e. The predicted octanol–water partition coefficient (Wildman–Crippen LogP) is 4.31. The van der Waals surface area contributed by atoms with Crippen LogP contribution in [0.2, 0.25) is 0 Å². The molecule has 1 aromatic carbocycles. The Kier molecular flexibility index (Phi) is 8.91. The molecule has 0 unspecified atom stereocenters. The van der Waals surface area contributed by atoms with Gasteiger partial charge in [-0.1, -0.05) is 18.2 Å². The average molecular weight is 438 g/mol. The van der Waals surface area contributed by atoms with Gasteiger partial charge < -0.3 is 20.5 Å². The van der Waals surface area contributed by atoms with E-state index in [9.17, 15) is 4.79 Å². The van der Waals surface area contributed by atoms with Crippen LogP contribution in [0, 0.1) is 19.8 Å². The summed E-state index contributed by atoms with van der Waals surface area (Å²) in [5.74, 6) is 1.78. The largest absolute Gasteiger partial charge is 0.394 e. The zero-order valence-electron chi connectivity index (χ0n) is 20.1. The molecule has 0 radical (unpaired) electrons. The molecule has 1 aliphatic rings. The van der Waals surface area contributed by atoms with E-state index >= 15 is 0 Å². The summed E-state index contributed by atoms with van der Waals surface area (Å²) in [5.41, 5.74) is 5.53. The Morgan fingerprint density at radius 3 is 2.81 bits per heavy atom. The van der Waals surface area contributed by atoms with Crippen LogP contribution in [0.25, 0.3) is 16.6 Å². The molecule has 3 N–H and O–H groups in total. The van der Waals surface area contributed by atoms with Crippen molar-refractivity contribution in [2.24, 2.45) is 5.92 Å². The highest BCUT2D eigenvalue weighted by atomic mass is 16.1. The normalized spacial score (nSPS) is 16.2. The van der Waals surface area contributed by atoms with Gasteiger partial charge >= 0.3 is 0 Å². The molecule has 0 saturated carbocycles. The summed E-state index contributed by atoms with van der Waals surface area (Å²) < 4.78 is 0. The van der Waals surface area contributed by atoms with Crippen molar-refractivity contribution in [3.8, 4) is 0 Å². The van der Waals surface area contributed by atoms with E-state index in [0.29, 0.717) is 13.0 Å². The highest BCUT2D eigenvalue weighted by Crippen LogP contribution is 2.24. The molecular formula is C26H39N5O. The third kappa shape index (κ3) is 6.95. The van der Waals surface area contributed by atoms with E-state index in [0.717, 1.165) is 47.6 Å². The number of hydrogen-bond donors (Lipinski definition) is 3. The summed E-state index contributed by atoms with van der Waals surface area (Å²) >= 11 is 0. The van der Waals surface area contributed by atoms with Gasteiger partial charge in [0.1, 0.15) is 5.82 Å². The number of amides is 1. The topological polar surface area (TPSA) is 73.0 Å². The molecule has 1 saturated heterocycles. The first kappa shape index (κ1) is 24.1. The van der Waals surface area contributed by atoms with Gasteiger partial charge in [0.2, 0.25) is 5.91 Å². The van der Waals surface area contributed by atoms with Crippen molar-refractivity contribution in [3.63, 3.8) is 0 Å². The van der Waals surface area contributed by atoms with Crippen LogP contribution < -0.4 is 10.6 Å². The number of H-pyrrole nitrogens is 1. The quantitative estimate of drug-likeness (QED) is 0.518. The monoisotopic (exact) mass is 437 g/mol. The van der Waals surface area contributed by atoms with Crippen LogP contribution >= 0.6 is 0 Å². The molecule has 1 aliphatic heterocycles. The highest BCUT2D eigenvalue weighted by Gasteiger charge is 2.16. The van der Waals surface area contributed by atoms with Crippen molar-refractivity contribution in [2.75, 3.05) is 33.7 Å². The second-order valence-electron chi connectivity index (χ2n) is 9.13. The maximum Gasteiger partial charge on any atom is 0.220 e. The molecule has 0 bridgehead atoms. The minimum atomic E-state index is 0.135. The number of likely N-dealkylation sites (tertiary alicyclic amines) is 1. The minimum absolute atomic E-state index is 0.135. The molecule has 0 atom stereocenters. The van der Waals surface area contributed by atoms with E-state index in [4.69, 9.17) is 4.98 Å². The van der Waals surface area contributed by atoms with Crippen molar-refractivity contribution in [2.45, 2.75) is 52.4 Å². The summed E-state index contributed by atoms with van der Waals surface area (Å²) in [6.07, 6.45) is 12.1. The summed E-state index contributed by atoms with van der Waals surface area (Å²) in [6, 6.07) is 4.29. The van der Waals surface area contributed by atoms with Crippen LogP contribution in [0.15, 0.2) is 30.5 Å². The fourth-order valence-corrected chi connectivity index (χ4v) is 4.48. The Labute approximate surface area is 192 Å². The molecule has 1 fully saturated rings. The maximum absolute atomic E-state index is 12.3. The average Bonchev–Trinajstić information content (AvgIpc) is 3.18. The Morgan fingerprint density at radius 2 is 2.06 bits per heavy atom. The number of allylic oxidation sites excluding steroid dienone is 2. The van der Waals surface area contributed by atoms with Crippen LogP contribution in [0.3, 0.4) is 0 Å². The van der Waals surface area contributed by atoms with Crippen molar-refractivity contribution in [3.05, 3.63) is 47.4 Å². The summed E-state index contributed by atoms with van der Waals surface area (Å²) in [7, 11) is 4.08. The van der Waals surface area contributed by atoms with Crippen LogP contribution in [-0.4, -0.2) is 54.5 Å². The van der Waals surface area contributed by atoms with Crippen LogP contribution in [0.5, 0.6) is 0 Å². The van der Waals surface area contributed by atoms with Gasteiger partial charge in [0.15, 0.2) is 0 Å². The SMILES string of the molecule is CN/C=C\C/C(=C\CNC(=O)CCCC1CCN(C)CC1)c1nc2c(C)cc(C)cc2[nH]1. The van der Waals surface area contributed by atoms with Gasteiger partial charge in [-0.2, -0.15) is 0 Å². The van der Waals surface area contributed by atoms with Gasteiger partial charge in [0, 0.05) is 20.0 Å². The molecule has 1 aromatic heterocycles. The van der Waals surface area contributed by atoms with Crippen molar-refractivity contribution in [1.82, 2.24) is 25.5 Å². The number of nitrogens with zero attached hydrogens (tertiary/aromatic N) is 2. The minimum Gasteiger partial charge on any atom is -0.394 e. The number of hydrogen-bond acceptors (Lipinski definition) is 4. The van der Waals surface area contributed by atoms with E-state index in [2.05, 4.69) is 65.7 Å². The number of nitrogens with one attached hydrogen (secondary N) is 3. The molecular weight excluding hydrogens is 398 g/mol. The van der Waals surface area contributed by atoms with Gasteiger partial charge in [0.05, 0.1) is 11.0 Å². The zero-order valence-corrected chi connectivity index (χ0v) is 20.1. The molecule has 174 valence electrons. The van der Waals surface area contributed by atoms with Crippen LogP contribution in [-0.2, 0) is 4.79 Å². The molecule has 2 aromatic rings. The Balaban J connectivity index is 1.56. The molecule has 0 spiro atoms. The predicted molar refractivity (Wildman–Crippen MR) is 133 cm³/mol. The van der Waals surface area contributed by atoms with Gasteiger partial charge in [-0.05, 0) is 101 Å². The lowest BCUT2D eigenvalue weighted by Crippen LogP contribution is -2.30. The van der Waals surface area contributed by atoms with Crippen LogP contribution in [0.4, 0.5) is 0 Å². The summed E-state index contributed by atoms with van der Waals surface area (Å²) in [5, 5.41) is 6.10. The lowest BCUT2D eigenvalue weighted by atomic mass is 9.92. The number of aromatic amines is 1. The number of piperidine rings is 1. The number of carbonyl (C=O) groups is 1. The number of fused-ring (bicyclic) bond motifs is 1. The number of benzene rings is 1. The van der Waals surface area contributed by atoms with E-state index in [1.54, 1.807) is 0 Å². The van der Waals surface area contributed by atoms with Gasteiger partial charge in [-0.3, -0.25) is 4.79 Å². The van der Waals surface area contributed by atoms with Crippen molar-refractivity contribution < 1.29 is 4.79 Å². The van der Waals surface area contributed by atoms with Gasteiger partial charge in [0.25, 0.3) is 0 Å². The lowest BCUT2D eigenvalue weighted by Gasteiger charge is -2.28. The number of aryl methyl sites for hydroxylation is 2. The first-order valence-corrected chi connectivity index (χ1v) is 11.9. The highest BCUT2D eigenvalue weighted by molar-refractivity contribution is 5.82. The molecule has 2 heterocycles. The Hall–Kier alpha value is -2.60. The number of aromatic nitrogens is 2. The number of carbonyl (C=O) groups excluding carboxylic acids is 1. The molecule has 6 heteroatoms.